The normalized spacial score (nSPS) is 17.2. The van der Waals surface area contributed by atoms with Gasteiger partial charge in [0, 0.05) is 16.5 Å². The molecule has 0 bridgehead atoms. The molecule has 28 heavy (non-hydrogen) atoms. The second-order valence-corrected chi connectivity index (χ2v) is 7.48. The Morgan fingerprint density at radius 2 is 1.29 bits per heavy atom. The molecule has 1 amide bonds. The summed E-state index contributed by atoms with van der Waals surface area (Å²) in [4.78, 5) is 13.3. The van der Waals surface area contributed by atoms with Gasteiger partial charge in [-0.25, -0.2) is 0 Å². The number of rotatable bonds is 4. The molecule has 1 saturated carbocycles. The number of benzene rings is 4. The van der Waals surface area contributed by atoms with Crippen LogP contribution in [0.4, 0.5) is 5.69 Å². The highest BCUT2D eigenvalue weighted by Gasteiger charge is 2.60. The molecule has 2 nitrogen and oxygen atoms in total. The molecule has 0 heterocycles. The number of carbonyl (C=O) groups is 1. The van der Waals surface area contributed by atoms with E-state index in [0.29, 0.717) is 0 Å². The molecule has 0 saturated heterocycles. The van der Waals surface area contributed by atoms with E-state index in [1.807, 2.05) is 36.4 Å². The number of hydrogen-bond acceptors (Lipinski definition) is 1. The highest BCUT2D eigenvalue weighted by Crippen LogP contribution is 2.59. The molecule has 0 spiro atoms. The van der Waals surface area contributed by atoms with Crippen LogP contribution in [0, 0.1) is 5.92 Å². The topological polar surface area (TPSA) is 29.1 Å². The molecule has 0 unspecified atom stereocenters. The molecule has 136 valence electrons. The summed E-state index contributed by atoms with van der Waals surface area (Å²) in [6, 6.07) is 35.0. The van der Waals surface area contributed by atoms with Crippen LogP contribution in [-0.2, 0) is 10.2 Å². The van der Waals surface area contributed by atoms with E-state index in [1.54, 1.807) is 0 Å². The molecule has 1 N–H and O–H groups in total. The van der Waals surface area contributed by atoms with Gasteiger partial charge in [-0.15, -0.1) is 0 Å². The third-order valence-electron chi connectivity index (χ3n) is 5.90. The fourth-order valence-electron chi connectivity index (χ4n) is 4.41. The summed E-state index contributed by atoms with van der Waals surface area (Å²) in [5.74, 6) is 0.0142. The SMILES string of the molecule is O=C(Nc1cccc2ccccc12)[C@H]1CC1(c1ccccc1)c1ccccc1. The van der Waals surface area contributed by atoms with Gasteiger partial charge in [0.05, 0.1) is 5.92 Å². The van der Waals surface area contributed by atoms with Gasteiger partial charge in [0.25, 0.3) is 0 Å². The monoisotopic (exact) mass is 363 g/mol. The summed E-state index contributed by atoms with van der Waals surface area (Å²) in [5, 5.41) is 5.41. The van der Waals surface area contributed by atoms with Crippen LogP contribution in [0.5, 0.6) is 0 Å². The zero-order valence-corrected chi connectivity index (χ0v) is 15.5. The zero-order chi connectivity index (χ0) is 19.0. The Morgan fingerprint density at radius 3 is 1.96 bits per heavy atom. The first-order valence-corrected chi connectivity index (χ1v) is 9.69. The van der Waals surface area contributed by atoms with E-state index in [1.165, 1.54) is 11.1 Å². The van der Waals surface area contributed by atoms with Crippen molar-refractivity contribution in [1.29, 1.82) is 0 Å². The molecule has 5 rings (SSSR count). The van der Waals surface area contributed by atoms with Crippen LogP contribution >= 0.6 is 0 Å². The summed E-state index contributed by atoms with van der Waals surface area (Å²) in [6.07, 6.45) is 0.831. The first-order valence-electron chi connectivity index (χ1n) is 9.69. The smallest absolute Gasteiger partial charge is 0.228 e. The van der Waals surface area contributed by atoms with Gasteiger partial charge >= 0.3 is 0 Å². The first-order chi connectivity index (χ1) is 13.8. The Kier molecular flexibility index (Phi) is 3.98. The van der Waals surface area contributed by atoms with Gasteiger partial charge in [0.15, 0.2) is 0 Å². The summed E-state index contributed by atoms with van der Waals surface area (Å²) < 4.78 is 0. The van der Waals surface area contributed by atoms with Crippen molar-refractivity contribution in [3.05, 3.63) is 114 Å². The van der Waals surface area contributed by atoms with Crippen molar-refractivity contribution in [3.8, 4) is 0 Å². The fourth-order valence-corrected chi connectivity index (χ4v) is 4.41. The van der Waals surface area contributed by atoms with Crippen molar-refractivity contribution < 1.29 is 4.79 Å². The van der Waals surface area contributed by atoms with Crippen molar-refractivity contribution in [2.24, 2.45) is 5.92 Å². The molecular weight excluding hydrogens is 342 g/mol. The van der Waals surface area contributed by atoms with Crippen molar-refractivity contribution in [2.45, 2.75) is 11.8 Å². The van der Waals surface area contributed by atoms with Crippen molar-refractivity contribution in [3.63, 3.8) is 0 Å². The van der Waals surface area contributed by atoms with Crippen LogP contribution in [0.1, 0.15) is 17.5 Å². The van der Waals surface area contributed by atoms with E-state index in [2.05, 4.69) is 72.0 Å². The van der Waals surface area contributed by atoms with Crippen LogP contribution in [0.15, 0.2) is 103 Å². The van der Waals surface area contributed by atoms with Gasteiger partial charge in [-0.05, 0) is 29.0 Å². The highest BCUT2D eigenvalue weighted by molar-refractivity contribution is 6.04. The fraction of sp³-hybridized carbons (Fsp3) is 0.115. The molecule has 1 atom stereocenters. The third kappa shape index (κ3) is 2.69. The standard InChI is InChI=1S/C26H21NO/c28-25(27-24-17-9-11-19-10-7-8-16-22(19)24)23-18-26(23,20-12-3-1-4-13-20)21-14-5-2-6-15-21/h1-17,23H,18H2,(H,27,28)/t23-/m1/s1. The van der Waals surface area contributed by atoms with Gasteiger partial charge < -0.3 is 5.32 Å². The number of nitrogens with one attached hydrogen (secondary N) is 1. The Balaban J connectivity index is 1.50. The molecule has 4 aromatic rings. The van der Waals surface area contributed by atoms with Crippen molar-refractivity contribution >= 4 is 22.4 Å². The van der Waals surface area contributed by atoms with Crippen LogP contribution < -0.4 is 5.32 Å². The predicted octanol–water partition coefficient (Wildman–Crippen LogP) is 5.78. The minimum absolute atomic E-state index is 0.0729. The average molecular weight is 363 g/mol. The Morgan fingerprint density at radius 1 is 0.714 bits per heavy atom. The highest BCUT2D eigenvalue weighted by atomic mass is 16.2. The number of fused-ring (bicyclic) bond motifs is 1. The second-order valence-electron chi connectivity index (χ2n) is 7.48. The Bertz CT molecular complexity index is 1090. The quantitative estimate of drug-likeness (QED) is 0.489. The van der Waals surface area contributed by atoms with Gasteiger partial charge in [-0.3, -0.25) is 4.79 Å². The van der Waals surface area contributed by atoms with E-state index in [9.17, 15) is 4.79 Å². The van der Waals surface area contributed by atoms with Gasteiger partial charge in [0.1, 0.15) is 0 Å². The van der Waals surface area contributed by atoms with E-state index in [4.69, 9.17) is 0 Å². The summed E-state index contributed by atoms with van der Waals surface area (Å²) in [5.41, 5.74) is 3.06. The molecule has 2 heteroatoms. The van der Waals surface area contributed by atoms with Gasteiger partial charge in [-0.2, -0.15) is 0 Å². The molecule has 0 aromatic heterocycles. The minimum Gasteiger partial charge on any atom is -0.325 e. The molecule has 1 aliphatic carbocycles. The predicted molar refractivity (Wildman–Crippen MR) is 114 cm³/mol. The van der Waals surface area contributed by atoms with Gasteiger partial charge in [-0.1, -0.05) is 97.1 Å². The number of carbonyl (C=O) groups excluding carboxylic acids is 1. The number of amides is 1. The zero-order valence-electron chi connectivity index (χ0n) is 15.5. The van der Waals surface area contributed by atoms with E-state index in [0.717, 1.165) is 22.9 Å². The molecule has 1 fully saturated rings. The summed E-state index contributed by atoms with van der Waals surface area (Å²) in [7, 11) is 0. The van der Waals surface area contributed by atoms with Crippen LogP contribution in [0.25, 0.3) is 10.8 Å². The lowest BCUT2D eigenvalue weighted by Crippen LogP contribution is -2.22. The largest absolute Gasteiger partial charge is 0.325 e. The number of anilines is 1. The van der Waals surface area contributed by atoms with Crippen molar-refractivity contribution in [2.75, 3.05) is 5.32 Å². The lowest BCUT2D eigenvalue weighted by molar-refractivity contribution is -0.117. The van der Waals surface area contributed by atoms with Gasteiger partial charge in [0.2, 0.25) is 5.91 Å². The molecule has 0 aliphatic heterocycles. The van der Waals surface area contributed by atoms with E-state index >= 15 is 0 Å². The second kappa shape index (κ2) is 6.65. The number of hydrogen-bond donors (Lipinski definition) is 1. The molecular formula is C26H21NO. The maximum absolute atomic E-state index is 13.3. The Hall–Kier alpha value is -3.39. The molecule has 1 aliphatic rings. The van der Waals surface area contributed by atoms with Crippen LogP contribution in [-0.4, -0.2) is 5.91 Å². The lowest BCUT2D eigenvalue weighted by Gasteiger charge is -2.19. The molecule has 0 radical (unpaired) electrons. The third-order valence-corrected chi connectivity index (χ3v) is 5.90. The summed E-state index contributed by atoms with van der Waals surface area (Å²) >= 11 is 0. The van der Waals surface area contributed by atoms with E-state index in [-0.39, 0.29) is 17.2 Å². The molecule has 4 aromatic carbocycles. The minimum atomic E-state index is -0.239. The Labute approximate surface area is 164 Å². The first kappa shape index (κ1) is 16.8. The van der Waals surface area contributed by atoms with E-state index < -0.39 is 0 Å². The maximum atomic E-state index is 13.3. The summed E-state index contributed by atoms with van der Waals surface area (Å²) in [6.45, 7) is 0. The maximum Gasteiger partial charge on any atom is 0.228 e. The average Bonchev–Trinajstić information content (AvgIpc) is 3.53. The van der Waals surface area contributed by atoms with Crippen molar-refractivity contribution in [1.82, 2.24) is 0 Å². The van der Waals surface area contributed by atoms with Crippen LogP contribution in [0.2, 0.25) is 0 Å². The lowest BCUT2D eigenvalue weighted by atomic mass is 9.85. The van der Waals surface area contributed by atoms with Crippen LogP contribution in [0.3, 0.4) is 0 Å².